The normalized spacial score (nSPS) is 13.2. The molecular weight excluding hydrogens is 1020 g/mol. The molecule has 0 aliphatic rings. The average Bonchev–Trinajstić information content (AvgIpc) is 3.49. The third kappa shape index (κ3) is 67.4. The highest BCUT2D eigenvalue weighted by molar-refractivity contribution is 5.72. The van der Waals surface area contributed by atoms with E-state index in [4.69, 9.17) is 14.2 Å². The lowest BCUT2D eigenvalue weighted by Gasteiger charge is -2.18. The molecule has 0 saturated heterocycles. The van der Waals surface area contributed by atoms with Crippen molar-refractivity contribution in [2.75, 3.05) is 13.2 Å². The second-order valence-electron chi connectivity index (χ2n) is 21.6. The van der Waals surface area contributed by atoms with Crippen molar-refractivity contribution in [3.63, 3.8) is 0 Å². The molecule has 6 heteroatoms. The molecule has 0 bridgehead atoms. The quantitative estimate of drug-likeness (QED) is 0.0261. The summed E-state index contributed by atoms with van der Waals surface area (Å²) >= 11 is 0. The highest BCUT2D eigenvalue weighted by Crippen LogP contribution is 2.16. The maximum absolute atomic E-state index is 12.9. The second-order valence-corrected chi connectivity index (χ2v) is 21.6. The van der Waals surface area contributed by atoms with Crippen LogP contribution in [0.15, 0.2) is 170 Å². The number of rotatable bonds is 59. The van der Waals surface area contributed by atoms with Crippen LogP contribution >= 0.6 is 0 Å². The summed E-state index contributed by atoms with van der Waals surface area (Å²) in [5.41, 5.74) is 0. The molecule has 0 aromatic rings. The highest BCUT2D eigenvalue weighted by atomic mass is 16.6. The number of carbonyl (C=O) groups is 3. The van der Waals surface area contributed by atoms with Gasteiger partial charge in [-0.05, 0) is 128 Å². The van der Waals surface area contributed by atoms with E-state index in [1.807, 2.05) is 6.08 Å². The van der Waals surface area contributed by atoms with Gasteiger partial charge in [0.05, 0.1) is 6.42 Å². The van der Waals surface area contributed by atoms with Gasteiger partial charge in [-0.25, -0.2) is 0 Å². The van der Waals surface area contributed by atoms with Crippen LogP contribution in [0, 0.1) is 0 Å². The van der Waals surface area contributed by atoms with Gasteiger partial charge < -0.3 is 14.2 Å². The molecule has 0 aromatic heterocycles. The average molecular weight is 1140 g/mol. The third-order valence-corrected chi connectivity index (χ3v) is 13.7. The fourth-order valence-electron chi connectivity index (χ4n) is 8.83. The smallest absolute Gasteiger partial charge is 0.309 e. The Morgan fingerprint density at radius 2 is 0.482 bits per heavy atom. The first-order valence-corrected chi connectivity index (χ1v) is 33.6. The predicted octanol–water partition coefficient (Wildman–Crippen LogP) is 23.4. The largest absolute Gasteiger partial charge is 0.462 e. The van der Waals surface area contributed by atoms with Gasteiger partial charge in [-0.2, -0.15) is 0 Å². The Morgan fingerprint density at radius 3 is 0.795 bits per heavy atom. The maximum atomic E-state index is 12.9. The molecule has 0 rings (SSSR count). The van der Waals surface area contributed by atoms with Crippen LogP contribution in [0.25, 0.3) is 0 Å². The Morgan fingerprint density at radius 1 is 0.253 bits per heavy atom. The Balaban J connectivity index is 4.37. The minimum atomic E-state index is -0.844. The first-order valence-electron chi connectivity index (χ1n) is 33.6. The summed E-state index contributed by atoms with van der Waals surface area (Å²) in [5, 5.41) is 0. The minimum Gasteiger partial charge on any atom is -0.462 e. The van der Waals surface area contributed by atoms with Crippen molar-refractivity contribution in [1.82, 2.24) is 0 Å². The Bertz CT molecular complexity index is 1890. The van der Waals surface area contributed by atoms with Crippen molar-refractivity contribution in [2.45, 2.75) is 284 Å². The molecule has 466 valence electrons. The topological polar surface area (TPSA) is 78.9 Å². The van der Waals surface area contributed by atoms with Crippen LogP contribution < -0.4 is 0 Å². The Kier molecular flexibility index (Phi) is 64.9. The van der Waals surface area contributed by atoms with Crippen LogP contribution in [0.2, 0.25) is 0 Å². The summed E-state index contributed by atoms with van der Waals surface area (Å²) in [6.07, 6.45) is 103. The van der Waals surface area contributed by atoms with Gasteiger partial charge in [0.15, 0.2) is 6.10 Å². The summed E-state index contributed by atoms with van der Waals surface area (Å²) in [6.45, 7) is 6.19. The standard InChI is InChI=1S/C77H122O6/c1-4-7-10-13-16-19-22-25-28-30-32-33-34-35-36-37-38-39-40-41-42-43-45-46-49-52-55-58-61-64-67-70-76(79)82-73-74(72-81-75(78)69-66-63-60-57-54-51-48-27-24-21-18-15-12-9-6-3)83-77(80)71-68-65-62-59-56-53-50-47-44-31-29-26-23-20-17-14-11-8-5-2/h7-12,16-21,25-29,32-33,44,47-48,53-54,56-57,63,66,74H,4-6,13-15,22-24,30-31,34-43,45-46,49-52,55,58-62,64-65,67-73H2,1-3H3/b10-7-,11-8-,12-9-,19-16-,20-17-,21-18-,28-25-,29-26-,33-32-,47-44-,48-27-,56-53-,57-54-,66-63-. The molecule has 0 fully saturated rings. The minimum absolute atomic E-state index is 0.113. The number of unbranched alkanes of at least 4 members (excludes halogenated alkanes) is 21. The van der Waals surface area contributed by atoms with E-state index in [-0.39, 0.29) is 38.0 Å². The zero-order chi connectivity index (χ0) is 59.9. The molecule has 1 unspecified atom stereocenters. The third-order valence-electron chi connectivity index (χ3n) is 13.7. The van der Waals surface area contributed by atoms with Gasteiger partial charge >= 0.3 is 17.9 Å². The van der Waals surface area contributed by atoms with Crippen LogP contribution in [0.3, 0.4) is 0 Å². The van der Waals surface area contributed by atoms with E-state index in [0.717, 1.165) is 128 Å². The molecule has 0 aromatic carbocycles. The van der Waals surface area contributed by atoms with E-state index in [9.17, 15) is 14.4 Å². The molecule has 0 spiro atoms. The van der Waals surface area contributed by atoms with Crippen LogP contribution in [0.1, 0.15) is 278 Å². The molecule has 0 N–H and O–H groups in total. The van der Waals surface area contributed by atoms with Crippen molar-refractivity contribution < 1.29 is 28.6 Å². The summed E-state index contributed by atoms with van der Waals surface area (Å²) in [5.74, 6) is -1.09. The predicted molar refractivity (Wildman–Crippen MR) is 361 cm³/mol. The van der Waals surface area contributed by atoms with Gasteiger partial charge in [0.25, 0.3) is 0 Å². The number of carbonyl (C=O) groups excluding carboxylic acids is 3. The van der Waals surface area contributed by atoms with Gasteiger partial charge in [0.1, 0.15) is 13.2 Å². The van der Waals surface area contributed by atoms with Crippen LogP contribution in [0.5, 0.6) is 0 Å². The van der Waals surface area contributed by atoms with E-state index in [2.05, 4.69) is 179 Å². The number of ether oxygens (including phenoxy) is 3. The molecule has 83 heavy (non-hydrogen) atoms. The number of hydrogen-bond donors (Lipinski definition) is 0. The van der Waals surface area contributed by atoms with Crippen LogP contribution in [0.4, 0.5) is 0 Å². The first kappa shape index (κ1) is 77.8. The van der Waals surface area contributed by atoms with Gasteiger partial charge in [-0.1, -0.05) is 300 Å². The summed E-state index contributed by atoms with van der Waals surface area (Å²) in [7, 11) is 0. The van der Waals surface area contributed by atoms with Gasteiger partial charge in [-0.3, -0.25) is 14.4 Å². The monoisotopic (exact) mass is 1140 g/mol. The lowest BCUT2D eigenvalue weighted by Crippen LogP contribution is -2.30. The lowest BCUT2D eigenvalue weighted by molar-refractivity contribution is -0.166. The molecule has 0 radical (unpaired) electrons. The van der Waals surface area contributed by atoms with Gasteiger partial charge in [0, 0.05) is 12.8 Å². The molecule has 6 nitrogen and oxygen atoms in total. The second kappa shape index (κ2) is 69.3. The van der Waals surface area contributed by atoms with E-state index in [1.165, 1.54) is 103 Å². The molecule has 0 aliphatic carbocycles. The van der Waals surface area contributed by atoms with Crippen LogP contribution in [-0.4, -0.2) is 37.2 Å². The van der Waals surface area contributed by atoms with E-state index in [0.29, 0.717) is 12.8 Å². The van der Waals surface area contributed by atoms with Crippen molar-refractivity contribution in [3.05, 3.63) is 170 Å². The van der Waals surface area contributed by atoms with Crippen molar-refractivity contribution in [1.29, 1.82) is 0 Å². The van der Waals surface area contributed by atoms with E-state index in [1.54, 1.807) is 6.08 Å². The fourth-order valence-corrected chi connectivity index (χ4v) is 8.83. The Labute approximate surface area is 511 Å². The number of allylic oxidation sites excluding steroid dienone is 27. The van der Waals surface area contributed by atoms with Gasteiger partial charge in [-0.15, -0.1) is 0 Å². The van der Waals surface area contributed by atoms with Gasteiger partial charge in [0.2, 0.25) is 0 Å². The number of esters is 3. The van der Waals surface area contributed by atoms with Crippen molar-refractivity contribution >= 4 is 17.9 Å². The summed E-state index contributed by atoms with van der Waals surface area (Å²) in [4.78, 5) is 38.3. The summed E-state index contributed by atoms with van der Waals surface area (Å²) in [6, 6.07) is 0. The van der Waals surface area contributed by atoms with Crippen molar-refractivity contribution in [3.8, 4) is 0 Å². The summed E-state index contributed by atoms with van der Waals surface area (Å²) < 4.78 is 16.8. The fraction of sp³-hybridized carbons (Fsp3) is 0.597. The first-order chi connectivity index (χ1) is 41.0. The van der Waals surface area contributed by atoms with E-state index >= 15 is 0 Å². The van der Waals surface area contributed by atoms with Crippen LogP contribution in [-0.2, 0) is 28.6 Å². The SMILES string of the molecule is CC/C=C\C/C=C\C/C=C\C/C=C\C/C=C\CCCCCC(=O)OC(COC(=O)C/C=C\C/C=C\C/C=C\C/C=C\C/C=C\CC)COC(=O)CCCCCCCCCCCCCCCCCCCC/C=C\C/C=C\C/C=C\C/C=C\CC. The molecule has 0 aliphatic heterocycles. The lowest BCUT2D eigenvalue weighted by atomic mass is 10.0. The molecule has 0 saturated carbocycles. The highest BCUT2D eigenvalue weighted by Gasteiger charge is 2.19. The molecule has 0 amide bonds. The zero-order valence-electron chi connectivity index (χ0n) is 53.4. The maximum Gasteiger partial charge on any atom is 0.309 e. The molecule has 0 heterocycles. The zero-order valence-corrected chi connectivity index (χ0v) is 53.4. The molecular formula is C77H122O6. The van der Waals surface area contributed by atoms with Crippen molar-refractivity contribution in [2.24, 2.45) is 0 Å². The van der Waals surface area contributed by atoms with E-state index < -0.39 is 12.1 Å². The Hall–Kier alpha value is -5.23. The molecule has 1 atom stereocenters. The number of hydrogen-bond acceptors (Lipinski definition) is 6.